The summed E-state index contributed by atoms with van der Waals surface area (Å²) in [7, 11) is 4.08. The molecule has 0 unspecified atom stereocenters. The van der Waals surface area contributed by atoms with Gasteiger partial charge in [0.25, 0.3) is 0 Å². The summed E-state index contributed by atoms with van der Waals surface area (Å²) in [6.07, 6.45) is 1.74. The van der Waals surface area contributed by atoms with Crippen LogP contribution in [0.2, 0.25) is 0 Å². The van der Waals surface area contributed by atoms with Gasteiger partial charge in [-0.05, 0) is 37.6 Å². The normalized spacial score (nSPS) is 10.2. The van der Waals surface area contributed by atoms with Crippen LogP contribution in [0.15, 0.2) is 30.5 Å². The Balaban J connectivity index is 2.21. The minimum absolute atomic E-state index is 0.637. The quantitative estimate of drug-likeness (QED) is 0.875. The van der Waals surface area contributed by atoms with Gasteiger partial charge in [-0.25, -0.2) is 4.98 Å². The first-order valence-corrected chi connectivity index (χ1v) is 6.72. The van der Waals surface area contributed by atoms with Crippen molar-refractivity contribution in [2.45, 2.75) is 13.8 Å². The highest BCUT2D eigenvalue weighted by Gasteiger charge is 2.04. The highest BCUT2D eigenvalue weighted by molar-refractivity contribution is 5.66. The number of hydrogen-bond donors (Lipinski definition) is 2. The smallest absolute Gasteiger partial charge is 0.224 e. The van der Waals surface area contributed by atoms with Crippen molar-refractivity contribution < 1.29 is 0 Å². The number of benzene rings is 1. The Bertz CT molecular complexity index is 580. The van der Waals surface area contributed by atoms with E-state index in [0.29, 0.717) is 5.95 Å². The van der Waals surface area contributed by atoms with E-state index in [2.05, 4.69) is 50.6 Å². The fourth-order valence-corrected chi connectivity index (χ4v) is 1.99. The predicted octanol–water partition coefficient (Wildman–Crippen LogP) is 3.03. The molecule has 0 fully saturated rings. The first-order valence-electron chi connectivity index (χ1n) is 6.72. The van der Waals surface area contributed by atoms with E-state index in [4.69, 9.17) is 0 Å². The summed E-state index contributed by atoms with van der Waals surface area (Å²) in [4.78, 5) is 10.7. The molecule has 0 spiro atoms. The molecular weight excluding hydrogens is 250 g/mol. The van der Waals surface area contributed by atoms with E-state index in [-0.39, 0.29) is 0 Å². The molecule has 2 aromatic rings. The molecule has 1 heterocycles. The first kappa shape index (κ1) is 14.1. The Labute approximate surface area is 120 Å². The molecule has 0 aliphatic carbocycles. The molecule has 2 rings (SSSR count). The Kier molecular flexibility index (Phi) is 4.40. The van der Waals surface area contributed by atoms with Gasteiger partial charge in [-0.1, -0.05) is 6.07 Å². The number of nitrogens with zero attached hydrogens (tertiary/aromatic N) is 3. The average Bonchev–Trinajstić information content (AvgIpc) is 2.41. The second-order valence-electron chi connectivity index (χ2n) is 4.82. The van der Waals surface area contributed by atoms with Crippen LogP contribution in [0.3, 0.4) is 0 Å². The van der Waals surface area contributed by atoms with E-state index in [0.717, 1.165) is 18.1 Å². The third kappa shape index (κ3) is 3.38. The van der Waals surface area contributed by atoms with Crippen molar-refractivity contribution in [1.82, 2.24) is 9.97 Å². The average molecular weight is 271 g/mol. The van der Waals surface area contributed by atoms with Crippen LogP contribution in [0.1, 0.15) is 12.5 Å². The lowest BCUT2D eigenvalue weighted by Gasteiger charge is -2.17. The van der Waals surface area contributed by atoms with Gasteiger partial charge in [0, 0.05) is 38.2 Å². The summed E-state index contributed by atoms with van der Waals surface area (Å²) in [5, 5.41) is 6.41. The minimum Gasteiger partial charge on any atom is -0.377 e. The monoisotopic (exact) mass is 271 g/mol. The standard InChI is InChI=1S/C15H21N5/c1-5-16-15-17-9-8-14(19-15)18-12-7-6-11(2)13(10-12)20(3)4/h6-10H,5H2,1-4H3,(H2,16,17,18,19). The van der Waals surface area contributed by atoms with Crippen LogP contribution in [-0.2, 0) is 0 Å². The van der Waals surface area contributed by atoms with Gasteiger partial charge in [-0.15, -0.1) is 0 Å². The van der Waals surface area contributed by atoms with Gasteiger partial charge in [0.2, 0.25) is 5.95 Å². The topological polar surface area (TPSA) is 53.1 Å². The molecule has 0 aliphatic rings. The molecule has 2 N–H and O–H groups in total. The van der Waals surface area contributed by atoms with E-state index >= 15 is 0 Å². The molecule has 0 saturated carbocycles. The van der Waals surface area contributed by atoms with Crippen molar-refractivity contribution in [3.8, 4) is 0 Å². The number of anilines is 4. The maximum Gasteiger partial charge on any atom is 0.224 e. The maximum absolute atomic E-state index is 4.41. The van der Waals surface area contributed by atoms with Gasteiger partial charge in [0.05, 0.1) is 0 Å². The third-order valence-electron chi connectivity index (χ3n) is 2.95. The Hall–Kier alpha value is -2.30. The minimum atomic E-state index is 0.637. The highest BCUT2D eigenvalue weighted by Crippen LogP contribution is 2.24. The van der Waals surface area contributed by atoms with Crippen LogP contribution < -0.4 is 15.5 Å². The SMILES string of the molecule is CCNc1nccc(Nc2ccc(C)c(N(C)C)c2)n1. The second kappa shape index (κ2) is 6.23. The van der Waals surface area contributed by atoms with E-state index in [1.807, 2.05) is 27.1 Å². The Morgan fingerprint density at radius 2 is 2.00 bits per heavy atom. The molecule has 1 aromatic heterocycles. The number of aromatic nitrogens is 2. The number of aryl methyl sites for hydroxylation is 1. The molecule has 0 atom stereocenters. The fourth-order valence-electron chi connectivity index (χ4n) is 1.99. The van der Waals surface area contributed by atoms with E-state index < -0.39 is 0 Å². The molecule has 0 aliphatic heterocycles. The van der Waals surface area contributed by atoms with Crippen molar-refractivity contribution in [2.24, 2.45) is 0 Å². The summed E-state index contributed by atoms with van der Waals surface area (Å²) < 4.78 is 0. The molecule has 0 amide bonds. The molecule has 5 heteroatoms. The molecule has 0 saturated heterocycles. The predicted molar refractivity (Wildman–Crippen MR) is 85.0 cm³/mol. The molecule has 0 bridgehead atoms. The number of nitrogens with one attached hydrogen (secondary N) is 2. The van der Waals surface area contributed by atoms with Gasteiger partial charge in [0.1, 0.15) is 5.82 Å². The van der Waals surface area contributed by atoms with Crippen LogP contribution in [0.25, 0.3) is 0 Å². The van der Waals surface area contributed by atoms with Crippen LogP contribution in [-0.4, -0.2) is 30.6 Å². The van der Waals surface area contributed by atoms with Gasteiger partial charge in [-0.3, -0.25) is 0 Å². The maximum atomic E-state index is 4.41. The van der Waals surface area contributed by atoms with Crippen LogP contribution in [0.5, 0.6) is 0 Å². The summed E-state index contributed by atoms with van der Waals surface area (Å²) in [6.45, 7) is 4.93. The zero-order valence-electron chi connectivity index (χ0n) is 12.4. The second-order valence-corrected chi connectivity index (χ2v) is 4.82. The lowest BCUT2D eigenvalue weighted by Crippen LogP contribution is -2.10. The zero-order valence-corrected chi connectivity index (χ0v) is 12.4. The van der Waals surface area contributed by atoms with E-state index in [1.54, 1.807) is 6.20 Å². The summed E-state index contributed by atoms with van der Waals surface area (Å²) in [5.74, 6) is 1.42. The highest BCUT2D eigenvalue weighted by atomic mass is 15.1. The van der Waals surface area contributed by atoms with Crippen molar-refractivity contribution in [3.63, 3.8) is 0 Å². The van der Waals surface area contributed by atoms with Gasteiger partial charge >= 0.3 is 0 Å². The number of hydrogen-bond acceptors (Lipinski definition) is 5. The van der Waals surface area contributed by atoms with E-state index in [1.165, 1.54) is 11.3 Å². The lowest BCUT2D eigenvalue weighted by atomic mass is 10.1. The van der Waals surface area contributed by atoms with Gasteiger partial charge in [0.15, 0.2) is 0 Å². The van der Waals surface area contributed by atoms with Crippen molar-refractivity contribution in [1.29, 1.82) is 0 Å². The molecule has 0 radical (unpaired) electrons. The van der Waals surface area contributed by atoms with Crippen molar-refractivity contribution in [2.75, 3.05) is 36.2 Å². The lowest BCUT2D eigenvalue weighted by molar-refractivity contribution is 1.08. The third-order valence-corrected chi connectivity index (χ3v) is 2.95. The van der Waals surface area contributed by atoms with Crippen LogP contribution >= 0.6 is 0 Å². The molecule has 1 aromatic carbocycles. The van der Waals surface area contributed by atoms with Gasteiger partial charge < -0.3 is 15.5 Å². The van der Waals surface area contributed by atoms with Crippen LogP contribution in [0, 0.1) is 6.92 Å². The first-order chi connectivity index (χ1) is 9.60. The Morgan fingerprint density at radius 3 is 2.70 bits per heavy atom. The van der Waals surface area contributed by atoms with E-state index in [9.17, 15) is 0 Å². The van der Waals surface area contributed by atoms with Crippen molar-refractivity contribution in [3.05, 3.63) is 36.0 Å². The number of rotatable bonds is 5. The largest absolute Gasteiger partial charge is 0.377 e. The molecular formula is C15H21N5. The summed E-state index contributed by atoms with van der Waals surface area (Å²) in [5.41, 5.74) is 3.45. The van der Waals surface area contributed by atoms with Crippen LogP contribution in [0.4, 0.5) is 23.1 Å². The Morgan fingerprint density at radius 1 is 1.20 bits per heavy atom. The van der Waals surface area contributed by atoms with Crippen molar-refractivity contribution >= 4 is 23.1 Å². The zero-order chi connectivity index (χ0) is 14.5. The molecule has 106 valence electrons. The summed E-state index contributed by atoms with van der Waals surface area (Å²) >= 11 is 0. The fraction of sp³-hybridized carbons (Fsp3) is 0.333. The molecule has 20 heavy (non-hydrogen) atoms. The molecule has 5 nitrogen and oxygen atoms in total. The van der Waals surface area contributed by atoms with Gasteiger partial charge in [-0.2, -0.15) is 4.98 Å². The summed E-state index contributed by atoms with van der Waals surface area (Å²) in [6, 6.07) is 8.13.